The zero-order chi connectivity index (χ0) is 23.7. The van der Waals surface area contributed by atoms with Crippen LogP contribution >= 0.6 is 0 Å². The lowest BCUT2D eigenvalue weighted by molar-refractivity contribution is -0.142. The molecule has 9 heteroatoms. The monoisotopic (exact) mass is 466 g/mol. The quantitative estimate of drug-likeness (QED) is 0.594. The lowest BCUT2D eigenvalue weighted by atomic mass is 9.95. The predicted octanol–water partition coefficient (Wildman–Crippen LogP) is 1.90. The van der Waals surface area contributed by atoms with Crippen molar-refractivity contribution in [3.8, 4) is 11.1 Å². The molecule has 0 spiro atoms. The van der Waals surface area contributed by atoms with Gasteiger partial charge in [0.1, 0.15) is 18.1 Å². The van der Waals surface area contributed by atoms with Crippen molar-refractivity contribution in [1.82, 2.24) is 10.6 Å². The highest BCUT2D eigenvalue weighted by Crippen LogP contribution is 2.44. The number of benzene rings is 2. The minimum atomic E-state index is -1.33. The Morgan fingerprint density at radius 2 is 1.68 bits per heavy atom. The lowest BCUT2D eigenvalue weighted by Crippen LogP contribution is -2.62. The fourth-order valence-electron chi connectivity index (χ4n) is 4.98. The Morgan fingerprint density at radius 1 is 1.00 bits per heavy atom. The fourth-order valence-corrected chi connectivity index (χ4v) is 4.98. The highest BCUT2D eigenvalue weighted by molar-refractivity contribution is 5.91. The van der Waals surface area contributed by atoms with E-state index in [2.05, 4.69) is 22.8 Å². The SMILES string of the molecule is O=C(NC1(C(=O)NC2COCC2C(=O)O)CCOC1)OCC1c2ccccc2-c2ccccc21. The number of alkyl carbamates (subject to hydrolysis) is 1. The van der Waals surface area contributed by atoms with Crippen LogP contribution in [0.1, 0.15) is 23.5 Å². The van der Waals surface area contributed by atoms with Gasteiger partial charge in [0.2, 0.25) is 5.91 Å². The molecule has 5 rings (SSSR count). The Morgan fingerprint density at radius 3 is 2.29 bits per heavy atom. The lowest BCUT2D eigenvalue weighted by Gasteiger charge is -2.29. The molecule has 3 atom stereocenters. The van der Waals surface area contributed by atoms with Crippen molar-refractivity contribution in [2.75, 3.05) is 33.0 Å². The van der Waals surface area contributed by atoms with Gasteiger partial charge in [0.05, 0.1) is 25.9 Å². The number of carboxylic acids is 1. The Labute approximate surface area is 196 Å². The van der Waals surface area contributed by atoms with Gasteiger partial charge in [-0.2, -0.15) is 0 Å². The summed E-state index contributed by atoms with van der Waals surface area (Å²) in [6.07, 6.45) is -0.464. The molecule has 1 aliphatic carbocycles. The second-order valence-electron chi connectivity index (χ2n) is 8.90. The summed E-state index contributed by atoms with van der Waals surface area (Å²) >= 11 is 0. The van der Waals surface area contributed by atoms with Crippen LogP contribution in [0.4, 0.5) is 4.79 Å². The Balaban J connectivity index is 1.26. The zero-order valence-electron chi connectivity index (χ0n) is 18.5. The van der Waals surface area contributed by atoms with E-state index in [-0.39, 0.29) is 38.8 Å². The molecular formula is C25H26N2O7. The van der Waals surface area contributed by atoms with E-state index in [0.29, 0.717) is 6.61 Å². The molecule has 2 saturated heterocycles. The largest absolute Gasteiger partial charge is 0.481 e. The second-order valence-corrected chi connectivity index (χ2v) is 8.90. The fraction of sp³-hybridized carbons (Fsp3) is 0.400. The molecule has 2 heterocycles. The van der Waals surface area contributed by atoms with Gasteiger partial charge in [-0.15, -0.1) is 0 Å². The molecule has 0 radical (unpaired) electrons. The molecule has 2 amide bonds. The molecule has 3 unspecified atom stereocenters. The highest BCUT2D eigenvalue weighted by Gasteiger charge is 2.47. The van der Waals surface area contributed by atoms with E-state index in [9.17, 15) is 19.5 Å². The van der Waals surface area contributed by atoms with Crippen LogP contribution < -0.4 is 10.6 Å². The van der Waals surface area contributed by atoms with Crippen LogP contribution in [0.5, 0.6) is 0 Å². The zero-order valence-corrected chi connectivity index (χ0v) is 18.5. The van der Waals surface area contributed by atoms with Crippen molar-refractivity contribution < 1.29 is 33.7 Å². The number of hydrogen-bond donors (Lipinski definition) is 3. The number of aliphatic carboxylic acids is 1. The third kappa shape index (κ3) is 4.01. The molecule has 2 aromatic rings. The summed E-state index contributed by atoms with van der Waals surface area (Å²) in [5, 5.41) is 14.8. The number of amides is 2. The number of carbonyl (C=O) groups excluding carboxylic acids is 2. The Hall–Kier alpha value is -3.43. The predicted molar refractivity (Wildman–Crippen MR) is 120 cm³/mol. The molecular weight excluding hydrogens is 440 g/mol. The molecule has 3 aliphatic rings. The third-order valence-electron chi connectivity index (χ3n) is 6.86. The summed E-state index contributed by atoms with van der Waals surface area (Å²) in [7, 11) is 0. The Bertz CT molecular complexity index is 1070. The van der Waals surface area contributed by atoms with Crippen LogP contribution in [0, 0.1) is 5.92 Å². The second kappa shape index (κ2) is 9.08. The van der Waals surface area contributed by atoms with Gasteiger partial charge >= 0.3 is 12.1 Å². The molecule has 0 bridgehead atoms. The molecule has 2 aromatic carbocycles. The number of carboxylic acid groups (broad SMARTS) is 1. The number of rotatable bonds is 6. The maximum Gasteiger partial charge on any atom is 0.408 e. The molecule has 0 saturated carbocycles. The van der Waals surface area contributed by atoms with Gasteiger partial charge < -0.3 is 30.0 Å². The van der Waals surface area contributed by atoms with Gasteiger partial charge in [-0.3, -0.25) is 9.59 Å². The molecule has 34 heavy (non-hydrogen) atoms. The number of nitrogens with one attached hydrogen (secondary N) is 2. The van der Waals surface area contributed by atoms with E-state index in [1.165, 1.54) is 0 Å². The molecule has 178 valence electrons. The summed E-state index contributed by atoms with van der Waals surface area (Å²) in [5.41, 5.74) is 3.11. The first kappa shape index (κ1) is 22.4. The van der Waals surface area contributed by atoms with Crippen molar-refractivity contribution in [2.24, 2.45) is 5.92 Å². The van der Waals surface area contributed by atoms with Gasteiger partial charge in [0.15, 0.2) is 0 Å². The summed E-state index contributed by atoms with van der Waals surface area (Å²) in [6.45, 7) is 0.527. The average molecular weight is 466 g/mol. The summed E-state index contributed by atoms with van der Waals surface area (Å²) in [6, 6.07) is 15.4. The van der Waals surface area contributed by atoms with Gasteiger partial charge in [0, 0.05) is 18.9 Å². The normalized spacial score (nSPS) is 25.4. The van der Waals surface area contributed by atoms with Crippen molar-refractivity contribution >= 4 is 18.0 Å². The van der Waals surface area contributed by atoms with Crippen molar-refractivity contribution in [2.45, 2.75) is 23.9 Å². The van der Waals surface area contributed by atoms with E-state index in [4.69, 9.17) is 14.2 Å². The minimum Gasteiger partial charge on any atom is -0.481 e. The van der Waals surface area contributed by atoms with Crippen LogP contribution in [0.25, 0.3) is 11.1 Å². The van der Waals surface area contributed by atoms with Crippen LogP contribution in [-0.2, 0) is 23.8 Å². The van der Waals surface area contributed by atoms with E-state index in [1.54, 1.807) is 0 Å². The molecule has 2 aliphatic heterocycles. The molecule has 0 aromatic heterocycles. The van der Waals surface area contributed by atoms with Gasteiger partial charge in [-0.25, -0.2) is 4.79 Å². The highest BCUT2D eigenvalue weighted by atomic mass is 16.6. The number of hydrogen-bond acceptors (Lipinski definition) is 6. The summed E-state index contributed by atoms with van der Waals surface area (Å²) in [4.78, 5) is 37.3. The van der Waals surface area contributed by atoms with Crippen molar-refractivity contribution in [3.63, 3.8) is 0 Å². The molecule has 9 nitrogen and oxygen atoms in total. The van der Waals surface area contributed by atoms with Crippen LogP contribution in [0.2, 0.25) is 0 Å². The standard InChI is InChI=1S/C25H26N2O7/c28-22(29)20-11-33-13-21(20)26-23(30)25(9-10-32-14-25)27-24(31)34-12-19-17-7-3-1-5-15(17)16-6-2-4-8-18(16)19/h1-8,19-21H,9-14H2,(H,26,30)(H,27,31)(H,28,29). The van der Waals surface area contributed by atoms with E-state index in [1.807, 2.05) is 36.4 Å². The van der Waals surface area contributed by atoms with E-state index < -0.39 is 35.5 Å². The van der Waals surface area contributed by atoms with Gasteiger partial charge in [-0.05, 0) is 22.3 Å². The number of ether oxygens (including phenoxy) is 3. The molecule has 2 fully saturated rings. The first-order valence-electron chi connectivity index (χ1n) is 11.3. The Kier molecular flexibility index (Phi) is 5.97. The molecule has 3 N–H and O–H groups in total. The number of carbonyl (C=O) groups is 3. The third-order valence-corrected chi connectivity index (χ3v) is 6.86. The van der Waals surface area contributed by atoms with E-state index in [0.717, 1.165) is 22.3 Å². The summed E-state index contributed by atoms with van der Waals surface area (Å²) in [5.74, 6) is -2.48. The average Bonchev–Trinajstić information content (AvgIpc) is 3.56. The summed E-state index contributed by atoms with van der Waals surface area (Å²) < 4.78 is 16.2. The minimum absolute atomic E-state index is 0.0195. The van der Waals surface area contributed by atoms with Crippen LogP contribution in [0.3, 0.4) is 0 Å². The van der Waals surface area contributed by atoms with Crippen molar-refractivity contribution in [3.05, 3.63) is 59.7 Å². The van der Waals surface area contributed by atoms with Gasteiger partial charge in [-0.1, -0.05) is 48.5 Å². The number of fused-ring (bicyclic) bond motifs is 3. The smallest absolute Gasteiger partial charge is 0.408 e. The first-order chi connectivity index (χ1) is 16.5. The van der Waals surface area contributed by atoms with Crippen molar-refractivity contribution in [1.29, 1.82) is 0 Å². The first-order valence-corrected chi connectivity index (χ1v) is 11.3. The van der Waals surface area contributed by atoms with Gasteiger partial charge in [0.25, 0.3) is 0 Å². The van der Waals surface area contributed by atoms with Crippen LogP contribution in [0.15, 0.2) is 48.5 Å². The maximum atomic E-state index is 13.1. The maximum absolute atomic E-state index is 13.1. The van der Waals surface area contributed by atoms with E-state index >= 15 is 0 Å². The van der Waals surface area contributed by atoms with Crippen LogP contribution in [-0.4, -0.2) is 67.7 Å². The topological polar surface area (TPSA) is 123 Å².